The number of halogens is 5. The lowest BCUT2D eigenvalue weighted by Gasteiger charge is -2.13. The third-order valence-electron chi connectivity index (χ3n) is 1.45. The molecule has 0 bridgehead atoms. The summed E-state index contributed by atoms with van der Waals surface area (Å²) in [6.07, 6.45) is -4.35. The first-order valence-electron chi connectivity index (χ1n) is 3.37. The van der Waals surface area contributed by atoms with Crippen LogP contribution in [0.15, 0.2) is 24.3 Å². The van der Waals surface area contributed by atoms with Crippen molar-refractivity contribution in [2.45, 2.75) is 11.0 Å². The lowest BCUT2D eigenvalue weighted by Crippen LogP contribution is -2.15. The van der Waals surface area contributed by atoms with Crippen LogP contribution in [0.1, 0.15) is 10.4 Å². The van der Waals surface area contributed by atoms with Gasteiger partial charge < -0.3 is 0 Å². The molecule has 0 saturated heterocycles. The second-order valence-electron chi connectivity index (χ2n) is 2.46. The summed E-state index contributed by atoms with van der Waals surface area (Å²) in [5.41, 5.74) is -0.00565. The Hall–Kier alpha value is -0.580. The van der Waals surface area contributed by atoms with Crippen LogP contribution in [-0.2, 0) is 0 Å². The van der Waals surface area contributed by atoms with Gasteiger partial charge in [-0.1, -0.05) is 28.1 Å². The van der Waals surface area contributed by atoms with E-state index >= 15 is 0 Å². The van der Waals surface area contributed by atoms with Gasteiger partial charge in [-0.15, -0.1) is 0 Å². The fourth-order valence-electron chi connectivity index (χ4n) is 0.821. The zero-order valence-corrected chi connectivity index (χ0v) is 7.86. The smallest absolute Gasteiger partial charge is 0.207 e. The van der Waals surface area contributed by atoms with Crippen molar-refractivity contribution in [1.29, 1.82) is 0 Å². The average molecular weight is 257 g/mol. The van der Waals surface area contributed by atoms with E-state index in [2.05, 4.69) is 15.9 Å². The Balaban J connectivity index is 2.90. The molecular formula is C8H5BrF4. The van der Waals surface area contributed by atoms with Gasteiger partial charge in [0.2, 0.25) is 0 Å². The highest BCUT2D eigenvalue weighted by atomic mass is 79.9. The highest BCUT2D eigenvalue weighted by molar-refractivity contribution is 9.09. The minimum absolute atomic E-state index is 0.00565. The Morgan fingerprint density at radius 3 is 1.92 bits per heavy atom. The number of benzene rings is 1. The molecule has 0 amide bonds. The predicted octanol–water partition coefficient (Wildman–Crippen LogP) is 3.82. The molecule has 0 radical (unpaired) electrons. The maximum atomic E-state index is 12.4. The molecule has 1 aromatic carbocycles. The van der Waals surface area contributed by atoms with Crippen LogP contribution >= 0.6 is 15.9 Å². The maximum absolute atomic E-state index is 12.4. The van der Waals surface area contributed by atoms with E-state index < -0.39 is 16.8 Å². The Bertz CT molecular complexity index is 277. The van der Waals surface area contributed by atoms with Crippen molar-refractivity contribution in [3.8, 4) is 0 Å². The Morgan fingerprint density at radius 2 is 1.54 bits per heavy atom. The molecule has 0 aliphatic rings. The van der Waals surface area contributed by atoms with E-state index in [-0.39, 0.29) is 5.56 Å². The van der Waals surface area contributed by atoms with Crippen molar-refractivity contribution in [2.75, 3.05) is 0 Å². The second-order valence-corrected chi connectivity index (χ2v) is 3.37. The van der Waals surface area contributed by atoms with Crippen molar-refractivity contribution >= 4 is 15.9 Å². The molecule has 5 heteroatoms. The lowest BCUT2D eigenvalue weighted by molar-refractivity contribution is -0.128. The monoisotopic (exact) mass is 256 g/mol. The van der Waals surface area contributed by atoms with Gasteiger partial charge >= 0.3 is 6.18 Å². The summed E-state index contributed by atoms with van der Waals surface area (Å²) in [5.74, 6) is -0.550. The van der Waals surface area contributed by atoms with Crippen LogP contribution in [0.3, 0.4) is 0 Å². The molecular weight excluding hydrogens is 252 g/mol. The van der Waals surface area contributed by atoms with E-state index in [1.165, 1.54) is 0 Å². The molecule has 13 heavy (non-hydrogen) atoms. The van der Waals surface area contributed by atoms with E-state index in [4.69, 9.17) is 0 Å². The van der Waals surface area contributed by atoms with Crippen molar-refractivity contribution in [3.05, 3.63) is 35.6 Å². The van der Waals surface area contributed by atoms with Crippen molar-refractivity contribution < 1.29 is 17.6 Å². The molecule has 0 heterocycles. The van der Waals surface area contributed by atoms with Crippen LogP contribution in [0.4, 0.5) is 17.6 Å². The van der Waals surface area contributed by atoms with Gasteiger partial charge in [0.1, 0.15) is 10.6 Å². The molecule has 0 fully saturated rings. The molecule has 0 unspecified atom stereocenters. The van der Waals surface area contributed by atoms with Gasteiger partial charge in [0.15, 0.2) is 0 Å². The lowest BCUT2D eigenvalue weighted by atomic mass is 10.1. The standard InChI is InChI=1S/C8H5BrF4/c9-7(8(11,12)13)5-1-3-6(10)4-2-5/h1-4,7H/t7-/m0/s1. The van der Waals surface area contributed by atoms with Gasteiger partial charge in [-0.05, 0) is 17.7 Å². The first-order chi connectivity index (χ1) is 5.91. The highest BCUT2D eigenvalue weighted by Crippen LogP contribution is 2.39. The predicted molar refractivity (Wildman–Crippen MR) is 44.1 cm³/mol. The minimum Gasteiger partial charge on any atom is -0.207 e. The SMILES string of the molecule is Fc1ccc([C@H](Br)C(F)(F)F)cc1. The number of hydrogen-bond donors (Lipinski definition) is 0. The van der Waals surface area contributed by atoms with Crippen LogP contribution in [0, 0.1) is 5.82 Å². The molecule has 72 valence electrons. The third-order valence-corrected chi connectivity index (χ3v) is 2.50. The van der Waals surface area contributed by atoms with Gasteiger partial charge in [-0.3, -0.25) is 0 Å². The summed E-state index contributed by atoms with van der Waals surface area (Å²) in [6.45, 7) is 0. The molecule has 1 rings (SSSR count). The second kappa shape index (κ2) is 3.65. The van der Waals surface area contributed by atoms with Gasteiger partial charge in [0, 0.05) is 0 Å². The first-order valence-corrected chi connectivity index (χ1v) is 4.29. The number of rotatable bonds is 1. The summed E-state index contributed by atoms with van der Waals surface area (Å²) >= 11 is 2.48. The molecule has 0 nitrogen and oxygen atoms in total. The fraction of sp³-hybridized carbons (Fsp3) is 0.250. The Kier molecular flexibility index (Phi) is 2.95. The van der Waals surface area contributed by atoms with Gasteiger partial charge in [0.05, 0.1) is 0 Å². The molecule has 0 spiro atoms. The van der Waals surface area contributed by atoms with E-state index in [9.17, 15) is 17.6 Å². The minimum atomic E-state index is -4.35. The van der Waals surface area contributed by atoms with E-state index in [1.807, 2.05) is 0 Å². The van der Waals surface area contributed by atoms with Gasteiger partial charge in [-0.25, -0.2) is 4.39 Å². The van der Waals surface area contributed by atoms with E-state index in [0.717, 1.165) is 24.3 Å². The summed E-state index contributed by atoms with van der Waals surface area (Å²) in [4.78, 5) is -1.74. The zero-order chi connectivity index (χ0) is 10.1. The normalized spacial score (nSPS) is 14.2. The topological polar surface area (TPSA) is 0 Å². The summed E-state index contributed by atoms with van der Waals surface area (Å²) < 4.78 is 48.6. The molecule has 1 atom stereocenters. The largest absolute Gasteiger partial charge is 0.405 e. The van der Waals surface area contributed by atoms with E-state index in [0.29, 0.717) is 0 Å². The van der Waals surface area contributed by atoms with Gasteiger partial charge in [-0.2, -0.15) is 13.2 Å². The van der Waals surface area contributed by atoms with Crippen LogP contribution in [0.25, 0.3) is 0 Å². The first kappa shape index (κ1) is 10.5. The third kappa shape index (κ3) is 2.69. The van der Waals surface area contributed by atoms with Crippen LogP contribution < -0.4 is 0 Å². The van der Waals surface area contributed by atoms with Crippen molar-refractivity contribution in [3.63, 3.8) is 0 Å². The quantitative estimate of drug-likeness (QED) is 0.529. The molecule has 0 aliphatic carbocycles. The highest BCUT2D eigenvalue weighted by Gasteiger charge is 2.38. The van der Waals surface area contributed by atoms with Crippen LogP contribution in [0.5, 0.6) is 0 Å². The molecule has 0 N–H and O–H groups in total. The van der Waals surface area contributed by atoms with Crippen molar-refractivity contribution in [1.82, 2.24) is 0 Å². The zero-order valence-electron chi connectivity index (χ0n) is 6.28. The number of hydrogen-bond acceptors (Lipinski definition) is 0. The summed E-state index contributed by atoms with van der Waals surface area (Å²) in [5, 5.41) is 0. The van der Waals surface area contributed by atoms with Crippen LogP contribution in [0.2, 0.25) is 0 Å². The van der Waals surface area contributed by atoms with Crippen molar-refractivity contribution in [2.24, 2.45) is 0 Å². The molecule has 0 aliphatic heterocycles. The van der Waals surface area contributed by atoms with Crippen LogP contribution in [-0.4, -0.2) is 6.18 Å². The Morgan fingerprint density at radius 1 is 1.08 bits per heavy atom. The number of alkyl halides is 4. The average Bonchev–Trinajstić information content (AvgIpc) is 2.03. The fourth-order valence-corrected chi connectivity index (χ4v) is 1.13. The summed E-state index contributed by atoms with van der Waals surface area (Å²) in [6, 6.07) is 4.19. The Labute approximate surface area is 80.7 Å². The maximum Gasteiger partial charge on any atom is 0.405 e. The molecule has 0 aromatic heterocycles. The van der Waals surface area contributed by atoms with E-state index in [1.54, 1.807) is 0 Å². The molecule has 0 saturated carbocycles. The molecule has 1 aromatic rings. The summed E-state index contributed by atoms with van der Waals surface area (Å²) in [7, 11) is 0. The van der Waals surface area contributed by atoms with Gasteiger partial charge in [0.25, 0.3) is 0 Å².